The van der Waals surface area contributed by atoms with E-state index in [-0.39, 0.29) is 11.3 Å². The van der Waals surface area contributed by atoms with Crippen LogP contribution in [0.3, 0.4) is 0 Å². The summed E-state index contributed by atoms with van der Waals surface area (Å²) in [5.41, 5.74) is 2.92. The molecule has 0 atom stereocenters. The predicted molar refractivity (Wildman–Crippen MR) is 81.7 cm³/mol. The van der Waals surface area contributed by atoms with Crippen LogP contribution in [0.25, 0.3) is 0 Å². The third-order valence-corrected chi connectivity index (χ3v) is 3.47. The van der Waals surface area contributed by atoms with Gasteiger partial charge in [0.25, 0.3) is 5.91 Å². The summed E-state index contributed by atoms with van der Waals surface area (Å²) >= 11 is 0. The first-order valence-corrected chi connectivity index (χ1v) is 7.02. The molecule has 0 heterocycles. The van der Waals surface area contributed by atoms with Crippen molar-refractivity contribution in [1.29, 1.82) is 0 Å². The monoisotopic (exact) mass is 262 g/mol. The molecule has 0 aliphatic carbocycles. The Kier molecular flexibility index (Phi) is 5.40. The number of anilines is 1. The highest BCUT2D eigenvalue weighted by Gasteiger charge is 2.18. The zero-order valence-corrected chi connectivity index (χ0v) is 12.8. The van der Waals surface area contributed by atoms with E-state index in [1.165, 1.54) is 0 Å². The van der Waals surface area contributed by atoms with Gasteiger partial charge in [0.15, 0.2) is 0 Å². The molecule has 3 heteroatoms. The van der Waals surface area contributed by atoms with Crippen LogP contribution in [0.1, 0.15) is 50.0 Å². The average molecular weight is 262 g/mol. The minimum absolute atomic E-state index is 0.00234. The van der Waals surface area contributed by atoms with Gasteiger partial charge in [0.1, 0.15) is 0 Å². The molecule has 0 spiro atoms. The summed E-state index contributed by atoms with van der Waals surface area (Å²) in [4.78, 5) is 12.3. The number of aryl methyl sites for hydroxylation is 1. The molecule has 2 N–H and O–H groups in total. The highest BCUT2D eigenvalue weighted by Crippen LogP contribution is 2.20. The molecular weight excluding hydrogens is 236 g/mol. The molecule has 0 bridgehead atoms. The molecule has 19 heavy (non-hydrogen) atoms. The van der Waals surface area contributed by atoms with Gasteiger partial charge in [-0.3, -0.25) is 4.79 Å². The van der Waals surface area contributed by atoms with Gasteiger partial charge in [-0.05, 0) is 43.4 Å². The SMILES string of the molecule is CCNc1cc(C)ccc1C(=O)NCC(C)(C)CC. The minimum Gasteiger partial charge on any atom is -0.385 e. The second-order valence-corrected chi connectivity index (χ2v) is 5.78. The highest BCUT2D eigenvalue weighted by molar-refractivity contribution is 5.99. The van der Waals surface area contributed by atoms with Crippen molar-refractivity contribution >= 4 is 11.6 Å². The Hall–Kier alpha value is -1.51. The Morgan fingerprint density at radius 1 is 1.26 bits per heavy atom. The van der Waals surface area contributed by atoms with Gasteiger partial charge >= 0.3 is 0 Å². The average Bonchev–Trinajstić information content (AvgIpc) is 2.37. The number of carbonyl (C=O) groups excluding carboxylic acids is 1. The largest absolute Gasteiger partial charge is 0.385 e. The predicted octanol–water partition coefficient (Wildman–Crippen LogP) is 3.59. The molecule has 0 saturated carbocycles. The van der Waals surface area contributed by atoms with Crippen LogP contribution in [0.15, 0.2) is 18.2 Å². The van der Waals surface area contributed by atoms with Crippen molar-refractivity contribution in [3.8, 4) is 0 Å². The Morgan fingerprint density at radius 3 is 2.53 bits per heavy atom. The maximum absolute atomic E-state index is 12.3. The van der Waals surface area contributed by atoms with E-state index in [9.17, 15) is 4.79 Å². The van der Waals surface area contributed by atoms with Gasteiger partial charge in [-0.25, -0.2) is 0 Å². The summed E-state index contributed by atoms with van der Waals surface area (Å²) in [6.45, 7) is 12.0. The summed E-state index contributed by atoms with van der Waals surface area (Å²) in [5.74, 6) is -0.00234. The van der Waals surface area contributed by atoms with E-state index < -0.39 is 0 Å². The van der Waals surface area contributed by atoms with E-state index >= 15 is 0 Å². The smallest absolute Gasteiger partial charge is 0.253 e. The van der Waals surface area contributed by atoms with Crippen molar-refractivity contribution in [2.75, 3.05) is 18.4 Å². The van der Waals surface area contributed by atoms with Crippen LogP contribution in [0.2, 0.25) is 0 Å². The molecule has 1 aromatic carbocycles. The Balaban J connectivity index is 2.81. The van der Waals surface area contributed by atoms with Crippen molar-refractivity contribution in [3.63, 3.8) is 0 Å². The molecule has 0 aromatic heterocycles. The van der Waals surface area contributed by atoms with Crippen LogP contribution >= 0.6 is 0 Å². The lowest BCUT2D eigenvalue weighted by molar-refractivity contribution is 0.0936. The zero-order valence-electron chi connectivity index (χ0n) is 12.8. The first-order chi connectivity index (χ1) is 8.89. The fourth-order valence-corrected chi connectivity index (χ4v) is 1.73. The lowest BCUT2D eigenvalue weighted by atomic mass is 9.90. The van der Waals surface area contributed by atoms with Crippen LogP contribution in [0, 0.1) is 12.3 Å². The standard InChI is InChI=1S/C16H26N2O/c1-6-16(4,5)11-18-15(19)13-9-8-12(3)10-14(13)17-7-2/h8-10,17H,6-7,11H2,1-5H3,(H,18,19). The lowest BCUT2D eigenvalue weighted by Crippen LogP contribution is -2.34. The molecule has 0 saturated heterocycles. The number of benzene rings is 1. The number of carbonyl (C=O) groups is 1. The van der Waals surface area contributed by atoms with Gasteiger partial charge in [0.05, 0.1) is 5.56 Å². The molecule has 0 fully saturated rings. The first kappa shape index (κ1) is 15.5. The van der Waals surface area contributed by atoms with Crippen molar-refractivity contribution in [1.82, 2.24) is 5.32 Å². The summed E-state index contributed by atoms with van der Waals surface area (Å²) in [7, 11) is 0. The van der Waals surface area contributed by atoms with Crippen molar-refractivity contribution in [2.45, 2.75) is 41.0 Å². The fourth-order valence-electron chi connectivity index (χ4n) is 1.73. The van der Waals surface area contributed by atoms with E-state index in [4.69, 9.17) is 0 Å². The molecular formula is C16H26N2O. The van der Waals surface area contributed by atoms with Crippen LogP contribution in [0.4, 0.5) is 5.69 Å². The highest BCUT2D eigenvalue weighted by atomic mass is 16.1. The summed E-state index contributed by atoms with van der Waals surface area (Å²) < 4.78 is 0. The van der Waals surface area contributed by atoms with Crippen molar-refractivity contribution in [2.24, 2.45) is 5.41 Å². The Bertz CT molecular complexity index is 438. The second kappa shape index (κ2) is 6.60. The Morgan fingerprint density at radius 2 is 1.95 bits per heavy atom. The minimum atomic E-state index is -0.00234. The van der Waals surface area contributed by atoms with Crippen LogP contribution in [-0.4, -0.2) is 19.0 Å². The number of rotatable bonds is 6. The normalized spacial score (nSPS) is 11.2. The molecule has 1 amide bonds. The molecule has 0 aliphatic rings. The topological polar surface area (TPSA) is 41.1 Å². The number of amides is 1. The molecule has 0 aliphatic heterocycles. The molecule has 0 unspecified atom stereocenters. The van der Waals surface area contributed by atoms with Gasteiger partial charge in [0, 0.05) is 18.8 Å². The van der Waals surface area contributed by atoms with Gasteiger partial charge in [-0.1, -0.05) is 26.8 Å². The van der Waals surface area contributed by atoms with Gasteiger partial charge in [-0.15, -0.1) is 0 Å². The van der Waals surface area contributed by atoms with E-state index in [1.807, 2.05) is 32.0 Å². The van der Waals surface area contributed by atoms with Gasteiger partial charge < -0.3 is 10.6 Å². The number of nitrogens with one attached hydrogen (secondary N) is 2. The quantitative estimate of drug-likeness (QED) is 0.822. The van der Waals surface area contributed by atoms with Crippen LogP contribution in [0.5, 0.6) is 0 Å². The zero-order chi connectivity index (χ0) is 14.5. The maximum Gasteiger partial charge on any atom is 0.253 e. The fraction of sp³-hybridized carbons (Fsp3) is 0.562. The van der Waals surface area contributed by atoms with Gasteiger partial charge in [0.2, 0.25) is 0 Å². The second-order valence-electron chi connectivity index (χ2n) is 5.78. The summed E-state index contributed by atoms with van der Waals surface area (Å²) in [6.07, 6.45) is 1.04. The summed E-state index contributed by atoms with van der Waals surface area (Å²) in [5, 5.41) is 6.28. The first-order valence-electron chi connectivity index (χ1n) is 7.02. The van der Waals surface area contributed by atoms with E-state index in [1.54, 1.807) is 0 Å². The third kappa shape index (κ3) is 4.58. The number of hydrogen-bond donors (Lipinski definition) is 2. The van der Waals surface area contributed by atoms with Crippen LogP contribution < -0.4 is 10.6 Å². The van der Waals surface area contributed by atoms with E-state index in [0.717, 1.165) is 29.8 Å². The number of hydrogen-bond acceptors (Lipinski definition) is 2. The maximum atomic E-state index is 12.3. The molecule has 1 aromatic rings. The molecule has 3 nitrogen and oxygen atoms in total. The molecule has 106 valence electrons. The van der Waals surface area contributed by atoms with Gasteiger partial charge in [-0.2, -0.15) is 0 Å². The Labute approximate surface area is 116 Å². The third-order valence-electron chi connectivity index (χ3n) is 3.47. The van der Waals surface area contributed by atoms with Crippen LogP contribution in [-0.2, 0) is 0 Å². The summed E-state index contributed by atoms with van der Waals surface area (Å²) in [6, 6.07) is 5.88. The van der Waals surface area contributed by atoms with E-state index in [0.29, 0.717) is 6.54 Å². The molecule has 1 rings (SSSR count). The molecule has 0 radical (unpaired) electrons. The lowest BCUT2D eigenvalue weighted by Gasteiger charge is -2.23. The van der Waals surface area contributed by atoms with Crippen molar-refractivity contribution in [3.05, 3.63) is 29.3 Å². The van der Waals surface area contributed by atoms with E-state index in [2.05, 4.69) is 31.4 Å². The van der Waals surface area contributed by atoms with Crippen molar-refractivity contribution < 1.29 is 4.79 Å².